The number of carboxylic acids is 1. The molecule has 9 nitrogen and oxygen atoms in total. The Hall–Kier alpha value is -3.66. The number of hydrogen-bond donors (Lipinski definition) is 4. The van der Waals surface area contributed by atoms with Crippen molar-refractivity contribution in [3.63, 3.8) is 0 Å². The molecule has 2 aromatic carbocycles. The van der Waals surface area contributed by atoms with Gasteiger partial charge < -0.3 is 30.5 Å². The van der Waals surface area contributed by atoms with Gasteiger partial charge in [0, 0.05) is 30.6 Å². The molecular weight excluding hydrogens is 395 g/mol. The van der Waals surface area contributed by atoms with Crippen LogP contribution in [0.4, 0.5) is 21.5 Å². The number of anilines is 3. The third-order valence-electron chi connectivity index (χ3n) is 4.16. The van der Waals surface area contributed by atoms with Gasteiger partial charge in [-0.2, -0.15) is 0 Å². The van der Waals surface area contributed by atoms with E-state index in [1.807, 2.05) is 0 Å². The van der Waals surface area contributed by atoms with Gasteiger partial charge in [0.15, 0.2) is 6.17 Å². The molecule has 1 aliphatic heterocycles. The summed E-state index contributed by atoms with van der Waals surface area (Å²) in [6, 6.07) is 9.55. The van der Waals surface area contributed by atoms with Crippen molar-refractivity contribution >= 4 is 35.3 Å². The topological polar surface area (TPSA) is 121 Å². The van der Waals surface area contributed by atoms with E-state index in [-0.39, 0.29) is 0 Å². The van der Waals surface area contributed by atoms with Gasteiger partial charge in [-0.1, -0.05) is 0 Å². The van der Waals surface area contributed by atoms with Gasteiger partial charge in [0.05, 0.1) is 24.2 Å². The van der Waals surface area contributed by atoms with E-state index < -0.39 is 30.3 Å². The molecular formula is C20H21FN4O5. The zero-order chi connectivity index (χ0) is 21.5. The van der Waals surface area contributed by atoms with Crippen LogP contribution in [0.3, 0.4) is 0 Å². The number of carbonyl (C=O) groups excluding carboxylic acids is 1. The Morgan fingerprint density at radius 1 is 1.20 bits per heavy atom. The minimum atomic E-state index is -1.21. The fraction of sp³-hybridized carbons (Fsp3) is 0.250. The summed E-state index contributed by atoms with van der Waals surface area (Å²) < 4.78 is 25.1. The van der Waals surface area contributed by atoms with Crippen molar-refractivity contribution in [2.24, 2.45) is 4.99 Å². The van der Waals surface area contributed by atoms with Gasteiger partial charge in [-0.3, -0.25) is 9.59 Å². The smallest absolute Gasteiger partial charge is 0.312 e. The number of nitrogens with one attached hydrogen (secondary N) is 3. The number of rotatable bonds is 9. The fourth-order valence-electron chi connectivity index (χ4n) is 2.83. The maximum Gasteiger partial charge on any atom is 0.312 e. The van der Waals surface area contributed by atoms with Crippen LogP contribution >= 0.6 is 0 Å². The largest absolute Gasteiger partial charge is 0.491 e. The number of hydrogen-bond acceptors (Lipinski definition) is 7. The highest BCUT2D eigenvalue weighted by atomic mass is 19.1. The Labute approximate surface area is 171 Å². The minimum absolute atomic E-state index is 0.305. The van der Waals surface area contributed by atoms with Crippen molar-refractivity contribution in [3.05, 3.63) is 47.8 Å². The van der Waals surface area contributed by atoms with E-state index in [2.05, 4.69) is 20.9 Å². The maximum atomic E-state index is 14.7. The lowest BCUT2D eigenvalue weighted by Crippen LogP contribution is -2.19. The number of aliphatic carboxylic acids is 1. The Balaban J connectivity index is 1.69. The first-order valence-corrected chi connectivity index (χ1v) is 9.08. The van der Waals surface area contributed by atoms with Crippen LogP contribution in [0.25, 0.3) is 0 Å². The lowest BCUT2D eigenvalue weighted by Gasteiger charge is -2.24. The first-order valence-electron chi connectivity index (χ1n) is 9.08. The van der Waals surface area contributed by atoms with Crippen LogP contribution in [0.15, 0.2) is 41.4 Å². The van der Waals surface area contributed by atoms with Crippen LogP contribution in [0.2, 0.25) is 0 Å². The summed E-state index contributed by atoms with van der Waals surface area (Å²) in [6.07, 6.45) is 0.192. The van der Waals surface area contributed by atoms with Gasteiger partial charge in [-0.15, -0.1) is 0 Å². The number of aliphatic imine (C=N–C) groups is 1. The standard InChI is InChI=1S/C20H21FN4O5/c1-29-6-7-30-14-8-15(21)19-16(9-14)22-11-23-20(19)25-13-4-2-12(3-5-13)24-17(26)10-18(27)28/h2-5,8-9,11,20,25H,6-7,10H2,1H3,(H,22,23)(H,24,26)(H,27,28). The Bertz CT molecular complexity index is 949. The second kappa shape index (κ2) is 9.70. The summed E-state index contributed by atoms with van der Waals surface area (Å²) in [5.74, 6) is -1.92. The molecule has 0 aliphatic carbocycles. The van der Waals surface area contributed by atoms with Crippen molar-refractivity contribution < 1.29 is 28.6 Å². The molecule has 0 fully saturated rings. The predicted molar refractivity (Wildman–Crippen MR) is 110 cm³/mol. The molecule has 0 saturated heterocycles. The molecule has 0 aromatic heterocycles. The molecule has 30 heavy (non-hydrogen) atoms. The molecule has 0 radical (unpaired) electrons. The molecule has 1 aliphatic rings. The van der Waals surface area contributed by atoms with Crippen LogP contribution in [-0.2, 0) is 14.3 Å². The number of fused-ring (bicyclic) bond motifs is 1. The summed E-state index contributed by atoms with van der Waals surface area (Å²) >= 11 is 0. The van der Waals surface area contributed by atoms with Crippen LogP contribution in [-0.4, -0.2) is 43.6 Å². The third kappa shape index (κ3) is 5.45. The summed E-state index contributed by atoms with van der Waals surface area (Å²) in [6.45, 7) is 0.699. The van der Waals surface area contributed by atoms with Gasteiger partial charge in [-0.05, 0) is 24.3 Å². The molecule has 1 amide bonds. The molecule has 3 rings (SSSR count). The molecule has 10 heteroatoms. The normalized spacial score (nSPS) is 14.4. The lowest BCUT2D eigenvalue weighted by molar-refractivity contribution is -0.139. The molecule has 2 aromatic rings. The quantitative estimate of drug-likeness (QED) is 0.366. The molecule has 4 N–H and O–H groups in total. The van der Waals surface area contributed by atoms with Crippen molar-refractivity contribution in [2.75, 3.05) is 36.3 Å². The number of carbonyl (C=O) groups is 2. The van der Waals surface area contributed by atoms with Crippen molar-refractivity contribution in [2.45, 2.75) is 12.6 Å². The fourth-order valence-corrected chi connectivity index (χ4v) is 2.83. The number of methoxy groups -OCH3 is 1. The van der Waals surface area contributed by atoms with Crippen LogP contribution < -0.4 is 20.7 Å². The van der Waals surface area contributed by atoms with Crippen molar-refractivity contribution in [1.29, 1.82) is 0 Å². The molecule has 1 unspecified atom stereocenters. The second-order valence-corrected chi connectivity index (χ2v) is 6.37. The average Bonchev–Trinajstić information content (AvgIpc) is 2.69. The number of nitrogens with zero attached hydrogens (tertiary/aromatic N) is 1. The van der Waals surface area contributed by atoms with Gasteiger partial charge in [-0.25, -0.2) is 9.38 Å². The number of carboxylic acid groups (broad SMARTS) is 1. The van der Waals surface area contributed by atoms with E-state index in [1.165, 1.54) is 12.4 Å². The summed E-state index contributed by atoms with van der Waals surface area (Å²) in [7, 11) is 1.56. The third-order valence-corrected chi connectivity index (χ3v) is 4.16. The summed E-state index contributed by atoms with van der Waals surface area (Å²) in [5, 5.41) is 17.1. The van der Waals surface area contributed by atoms with Crippen LogP contribution in [0.1, 0.15) is 18.2 Å². The molecule has 158 valence electrons. The van der Waals surface area contributed by atoms with E-state index in [9.17, 15) is 14.0 Å². The number of amides is 1. The van der Waals surface area contributed by atoms with Gasteiger partial charge in [0.2, 0.25) is 5.91 Å². The van der Waals surface area contributed by atoms with Crippen molar-refractivity contribution in [3.8, 4) is 5.75 Å². The van der Waals surface area contributed by atoms with E-state index in [4.69, 9.17) is 14.6 Å². The van der Waals surface area contributed by atoms with E-state index in [0.29, 0.717) is 41.6 Å². The highest BCUT2D eigenvalue weighted by Gasteiger charge is 2.23. The molecule has 0 spiro atoms. The first-order chi connectivity index (χ1) is 14.5. The lowest BCUT2D eigenvalue weighted by atomic mass is 10.1. The zero-order valence-electron chi connectivity index (χ0n) is 16.1. The SMILES string of the molecule is COCCOc1cc(F)c2c(c1)NC=NC2Nc1ccc(NC(=O)CC(=O)O)cc1. The van der Waals surface area contributed by atoms with Gasteiger partial charge >= 0.3 is 5.97 Å². The monoisotopic (exact) mass is 416 g/mol. The van der Waals surface area contributed by atoms with E-state index in [1.54, 1.807) is 37.4 Å². The highest BCUT2D eigenvalue weighted by Crippen LogP contribution is 2.35. The van der Waals surface area contributed by atoms with Crippen molar-refractivity contribution in [1.82, 2.24) is 0 Å². The van der Waals surface area contributed by atoms with E-state index in [0.717, 1.165) is 0 Å². The number of ether oxygens (including phenoxy) is 2. The summed E-state index contributed by atoms with van der Waals surface area (Å²) in [5.41, 5.74) is 1.97. The molecule has 1 atom stereocenters. The predicted octanol–water partition coefficient (Wildman–Crippen LogP) is 2.83. The number of halogens is 1. The van der Waals surface area contributed by atoms with Crippen LogP contribution in [0, 0.1) is 5.82 Å². The van der Waals surface area contributed by atoms with E-state index >= 15 is 0 Å². The van der Waals surface area contributed by atoms with Crippen LogP contribution in [0.5, 0.6) is 5.75 Å². The first kappa shape index (κ1) is 21.1. The second-order valence-electron chi connectivity index (χ2n) is 6.37. The summed E-state index contributed by atoms with van der Waals surface area (Å²) in [4.78, 5) is 26.3. The molecule has 1 heterocycles. The van der Waals surface area contributed by atoms with Gasteiger partial charge in [0.25, 0.3) is 0 Å². The Morgan fingerprint density at radius 3 is 2.63 bits per heavy atom. The maximum absolute atomic E-state index is 14.7. The van der Waals surface area contributed by atoms with Gasteiger partial charge in [0.1, 0.15) is 24.6 Å². The Morgan fingerprint density at radius 2 is 1.93 bits per heavy atom. The highest BCUT2D eigenvalue weighted by molar-refractivity contribution is 6.01. The molecule has 0 saturated carbocycles. The zero-order valence-corrected chi connectivity index (χ0v) is 16.1. The number of benzene rings is 2. The Kier molecular flexibility index (Phi) is 6.81. The molecule has 0 bridgehead atoms. The average molecular weight is 416 g/mol. The minimum Gasteiger partial charge on any atom is -0.491 e.